The van der Waals surface area contributed by atoms with Gasteiger partial charge in [0, 0.05) is 17.9 Å². The van der Waals surface area contributed by atoms with E-state index in [0.29, 0.717) is 18.7 Å². The molecule has 0 unspecified atom stereocenters. The maximum Gasteiger partial charge on any atom is 0.325 e. The van der Waals surface area contributed by atoms with Crippen molar-refractivity contribution in [2.24, 2.45) is 0 Å². The molecule has 114 valence electrons. The molecule has 0 N–H and O–H groups in total. The lowest BCUT2D eigenvalue weighted by Crippen LogP contribution is -2.36. The van der Waals surface area contributed by atoms with Gasteiger partial charge in [-0.2, -0.15) is 11.8 Å². The van der Waals surface area contributed by atoms with Gasteiger partial charge in [0.15, 0.2) is 0 Å². The van der Waals surface area contributed by atoms with Crippen molar-refractivity contribution in [2.75, 3.05) is 26.0 Å². The molecule has 5 heteroatoms. The van der Waals surface area contributed by atoms with Gasteiger partial charge in [0.2, 0.25) is 0 Å². The normalized spacial score (nSPS) is 10.0. The molecule has 0 heterocycles. The molecular weight excluding hydrogens is 286 g/mol. The number of rotatable bonds is 8. The number of hydrogen-bond acceptors (Lipinski definition) is 4. The lowest BCUT2D eigenvalue weighted by atomic mass is 10.1. The van der Waals surface area contributed by atoms with Gasteiger partial charge in [0.1, 0.15) is 6.54 Å². The minimum Gasteiger partial charge on any atom is -0.465 e. The third-order valence-electron chi connectivity index (χ3n) is 2.77. The van der Waals surface area contributed by atoms with Crippen LogP contribution in [-0.2, 0) is 15.3 Å². The first-order chi connectivity index (χ1) is 10.1. The van der Waals surface area contributed by atoms with Gasteiger partial charge in [-0.05, 0) is 30.9 Å². The van der Waals surface area contributed by atoms with Crippen LogP contribution in [0.4, 0.5) is 0 Å². The SMILES string of the molecule is C=CCN(CC(=O)OCC)C(=O)c1ccc(CSC)cc1. The standard InChI is InChI=1S/C16H21NO3S/c1-4-10-17(11-15(18)20-5-2)16(19)14-8-6-13(7-9-14)12-21-3/h4,6-9H,1,5,10-12H2,2-3H3. The number of ether oxygens (including phenoxy) is 1. The average Bonchev–Trinajstić information content (AvgIpc) is 2.47. The van der Waals surface area contributed by atoms with Crippen LogP contribution in [0.1, 0.15) is 22.8 Å². The molecular formula is C16H21NO3S. The molecule has 4 nitrogen and oxygen atoms in total. The van der Waals surface area contributed by atoms with E-state index in [1.54, 1.807) is 36.9 Å². The van der Waals surface area contributed by atoms with Crippen LogP contribution in [0.3, 0.4) is 0 Å². The summed E-state index contributed by atoms with van der Waals surface area (Å²) in [5.41, 5.74) is 1.73. The molecule has 0 aliphatic rings. The van der Waals surface area contributed by atoms with Crippen molar-refractivity contribution in [1.29, 1.82) is 0 Å². The number of thioether (sulfide) groups is 1. The second-order valence-electron chi connectivity index (χ2n) is 4.41. The molecule has 21 heavy (non-hydrogen) atoms. The molecule has 0 aliphatic heterocycles. The Morgan fingerprint density at radius 1 is 1.33 bits per heavy atom. The summed E-state index contributed by atoms with van der Waals surface area (Å²) in [4.78, 5) is 25.4. The summed E-state index contributed by atoms with van der Waals surface area (Å²) in [5.74, 6) is 0.304. The van der Waals surface area contributed by atoms with Crippen LogP contribution < -0.4 is 0 Å². The van der Waals surface area contributed by atoms with E-state index in [1.807, 2.05) is 18.4 Å². The number of amides is 1. The van der Waals surface area contributed by atoms with E-state index >= 15 is 0 Å². The van der Waals surface area contributed by atoms with Crippen molar-refractivity contribution in [2.45, 2.75) is 12.7 Å². The van der Waals surface area contributed by atoms with Crippen LogP contribution in [-0.4, -0.2) is 42.7 Å². The molecule has 0 spiro atoms. The first-order valence-corrected chi connectivity index (χ1v) is 8.15. The fourth-order valence-electron chi connectivity index (χ4n) is 1.83. The second-order valence-corrected chi connectivity index (χ2v) is 5.28. The molecule has 1 rings (SSSR count). The fourth-order valence-corrected chi connectivity index (χ4v) is 2.36. The topological polar surface area (TPSA) is 46.6 Å². The Morgan fingerprint density at radius 3 is 2.52 bits per heavy atom. The van der Waals surface area contributed by atoms with E-state index in [9.17, 15) is 9.59 Å². The predicted octanol–water partition coefficient (Wildman–Crippen LogP) is 2.74. The maximum absolute atomic E-state index is 12.4. The molecule has 0 bridgehead atoms. The van der Waals surface area contributed by atoms with Crippen LogP contribution in [0.2, 0.25) is 0 Å². The number of hydrogen-bond donors (Lipinski definition) is 0. The van der Waals surface area contributed by atoms with Crippen LogP contribution in [0.25, 0.3) is 0 Å². The summed E-state index contributed by atoms with van der Waals surface area (Å²) in [6.45, 7) is 5.91. The number of esters is 1. The Labute approximate surface area is 130 Å². The highest BCUT2D eigenvalue weighted by atomic mass is 32.2. The monoisotopic (exact) mass is 307 g/mol. The zero-order valence-electron chi connectivity index (χ0n) is 12.5. The van der Waals surface area contributed by atoms with Gasteiger partial charge in [0.25, 0.3) is 5.91 Å². The van der Waals surface area contributed by atoms with E-state index in [4.69, 9.17) is 4.74 Å². The van der Waals surface area contributed by atoms with Crippen LogP contribution in [0, 0.1) is 0 Å². The van der Waals surface area contributed by atoms with Crippen LogP contribution >= 0.6 is 11.8 Å². The van der Waals surface area contributed by atoms with E-state index in [-0.39, 0.29) is 12.5 Å². The molecule has 0 aliphatic carbocycles. The first-order valence-electron chi connectivity index (χ1n) is 6.76. The van der Waals surface area contributed by atoms with E-state index in [2.05, 4.69) is 6.58 Å². The van der Waals surface area contributed by atoms with Gasteiger partial charge in [-0.15, -0.1) is 6.58 Å². The lowest BCUT2D eigenvalue weighted by molar-refractivity contribution is -0.143. The Bertz CT molecular complexity index is 485. The third-order valence-corrected chi connectivity index (χ3v) is 3.40. The minimum atomic E-state index is -0.410. The van der Waals surface area contributed by atoms with Gasteiger partial charge >= 0.3 is 5.97 Å². The van der Waals surface area contributed by atoms with Gasteiger partial charge in [-0.25, -0.2) is 0 Å². The van der Waals surface area contributed by atoms with Crippen molar-refractivity contribution in [3.63, 3.8) is 0 Å². The number of carbonyl (C=O) groups excluding carboxylic acids is 2. The average molecular weight is 307 g/mol. The Hall–Kier alpha value is -1.75. The van der Waals surface area contributed by atoms with Crippen molar-refractivity contribution in [3.8, 4) is 0 Å². The lowest BCUT2D eigenvalue weighted by Gasteiger charge is -2.20. The number of benzene rings is 1. The van der Waals surface area contributed by atoms with E-state index in [0.717, 1.165) is 5.75 Å². The van der Waals surface area contributed by atoms with Crippen molar-refractivity contribution < 1.29 is 14.3 Å². The zero-order chi connectivity index (χ0) is 15.7. The van der Waals surface area contributed by atoms with Crippen molar-refractivity contribution in [3.05, 3.63) is 48.0 Å². The molecule has 1 aromatic rings. The maximum atomic E-state index is 12.4. The first kappa shape index (κ1) is 17.3. The third kappa shape index (κ3) is 5.63. The predicted molar refractivity (Wildman–Crippen MR) is 86.4 cm³/mol. The van der Waals surface area contributed by atoms with Gasteiger partial charge in [-0.3, -0.25) is 9.59 Å². The highest BCUT2D eigenvalue weighted by Crippen LogP contribution is 2.12. The molecule has 0 atom stereocenters. The minimum absolute atomic E-state index is 0.0642. The van der Waals surface area contributed by atoms with Crippen molar-refractivity contribution >= 4 is 23.6 Å². The summed E-state index contributed by atoms with van der Waals surface area (Å²) in [5, 5.41) is 0. The fraction of sp³-hybridized carbons (Fsp3) is 0.375. The number of nitrogens with zero attached hydrogens (tertiary/aromatic N) is 1. The summed E-state index contributed by atoms with van der Waals surface area (Å²) in [6, 6.07) is 7.44. The summed E-state index contributed by atoms with van der Waals surface area (Å²) in [7, 11) is 0. The molecule has 0 fully saturated rings. The highest BCUT2D eigenvalue weighted by molar-refractivity contribution is 7.97. The highest BCUT2D eigenvalue weighted by Gasteiger charge is 2.18. The van der Waals surface area contributed by atoms with Crippen molar-refractivity contribution in [1.82, 2.24) is 4.90 Å². The quantitative estimate of drug-likeness (QED) is 0.547. The summed E-state index contributed by atoms with van der Waals surface area (Å²) in [6.07, 6.45) is 3.63. The second kappa shape index (κ2) is 9.23. The van der Waals surface area contributed by atoms with E-state index in [1.165, 1.54) is 10.5 Å². The molecule has 1 aromatic carbocycles. The molecule has 0 aromatic heterocycles. The summed E-state index contributed by atoms with van der Waals surface area (Å²) < 4.78 is 4.89. The Morgan fingerprint density at radius 2 is 2.00 bits per heavy atom. The molecule has 1 amide bonds. The largest absolute Gasteiger partial charge is 0.465 e. The van der Waals surface area contributed by atoms with E-state index < -0.39 is 5.97 Å². The van der Waals surface area contributed by atoms with Crippen LogP contribution in [0.15, 0.2) is 36.9 Å². The van der Waals surface area contributed by atoms with Crippen LogP contribution in [0.5, 0.6) is 0 Å². The smallest absolute Gasteiger partial charge is 0.325 e. The zero-order valence-corrected chi connectivity index (χ0v) is 13.3. The molecule has 0 saturated heterocycles. The molecule has 0 saturated carbocycles. The van der Waals surface area contributed by atoms with Gasteiger partial charge in [0.05, 0.1) is 6.61 Å². The Balaban J connectivity index is 2.79. The number of carbonyl (C=O) groups is 2. The van der Waals surface area contributed by atoms with Gasteiger partial charge < -0.3 is 9.64 Å². The van der Waals surface area contributed by atoms with Gasteiger partial charge in [-0.1, -0.05) is 18.2 Å². The Kier molecular flexibility index (Phi) is 7.61. The molecule has 0 radical (unpaired) electrons. The summed E-state index contributed by atoms with van der Waals surface area (Å²) >= 11 is 1.73.